The largest absolute Gasteiger partial charge is 0.497 e. The van der Waals surface area contributed by atoms with E-state index in [0.717, 1.165) is 5.56 Å². The third-order valence-electron chi connectivity index (χ3n) is 4.99. The minimum Gasteiger partial charge on any atom is -0.497 e. The number of anilines is 1. The van der Waals surface area contributed by atoms with E-state index in [4.69, 9.17) is 9.47 Å². The lowest BCUT2D eigenvalue weighted by Gasteiger charge is -2.22. The van der Waals surface area contributed by atoms with Crippen molar-refractivity contribution in [3.8, 4) is 5.75 Å². The summed E-state index contributed by atoms with van der Waals surface area (Å²) in [6.07, 6.45) is 0. The molecule has 178 valence electrons. The Morgan fingerprint density at radius 1 is 0.912 bits per heavy atom. The second-order valence-corrected chi connectivity index (χ2v) is 9.09. The zero-order valence-corrected chi connectivity index (χ0v) is 19.7. The highest BCUT2D eigenvalue weighted by Crippen LogP contribution is 2.23. The van der Waals surface area contributed by atoms with Gasteiger partial charge in [-0.1, -0.05) is 30.3 Å². The molecule has 1 N–H and O–H groups in total. The fraction of sp³-hybridized carbons (Fsp3) is 0.200. The van der Waals surface area contributed by atoms with E-state index in [0.29, 0.717) is 11.4 Å². The van der Waals surface area contributed by atoms with Crippen LogP contribution >= 0.6 is 0 Å². The molecule has 0 spiro atoms. The number of sulfonamides is 1. The second kappa shape index (κ2) is 11.3. The molecule has 0 fully saturated rings. The quantitative estimate of drug-likeness (QED) is 0.445. The molecule has 0 radical (unpaired) electrons. The molecule has 3 aromatic carbocycles. The van der Waals surface area contributed by atoms with Gasteiger partial charge in [0, 0.05) is 13.1 Å². The summed E-state index contributed by atoms with van der Waals surface area (Å²) in [4.78, 5) is 24.3. The highest BCUT2D eigenvalue weighted by Gasteiger charge is 2.24. The van der Waals surface area contributed by atoms with Crippen LogP contribution in [0.3, 0.4) is 0 Å². The summed E-state index contributed by atoms with van der Waals surface area (Å²) in [5, 5.41) is 2.66. The van der Waals surface area contributed by atoms with Crippen molar-refractivity contribution in [2.75, 3.05) is 24.6 Å². The first-order chi connectivity index (χ1) is 16.3. The summed E-state index contributed by atoms with van der Waals surface area (Å²) >= 11 is 0. The zero-order chi connectivity index (χ0) is 24.6. The number of esters is 1. The van der Waals surface area contributed by atoms with Gasteiger partial charge in [-0.2, -0.15) is 0 Å². The van der Waals surface area contributed by atoms with E-state index in [1.165, 1.54) is 28.6 Å². The van der Waals surface area contributed by atoms with Crippen LogP contribution in [0.25, 0.3) is 0 Å². The number of nitrogens with one attached hydrogen (secondary N) is 1. The molecule has 8 nitrogen and oxygen atoms in total. The van der Waals surface area contributed by atoms with Gasteiger partial charge in [-0.25, -0.2) is 13.2 Å². The van der Waals surface area contributed by atoms with Gasteiger partial charge in [-0.05, 0) is 61.0 Å². The highest BCUT2D eigenvalue weighted by atomic mass is 32.2. The number of carbonyl (C=O) groups is 2. The molecule has 0 aliphatic heterocycles. The Morgan fingerprint density at radius 3 is 2.15 bits per heavy atom. The number of rotatable bonds is 10. The molecule has 9 heteroatoms. The van der Waals surface area contributed by atoms with Crippen LogP contribution in [0.1, 0.15) is 22.8 Å². The molecular formula is C25H26N2O6S. The van der Waals surface area contributed by atoms with E-state index in [2.05, 4.69) is 5.32 Å². The van der Waals surface area contributed by atoms with Crippen LogP contribution in [-0.2, 0) is 26.1 Å². The average molecular weight is 483 g/mol. The third-order valence-corrected chi connectivity index (χ3v) is 6.91. The Morgan fingerprint density at radius 2 is 1.56 bits per heavy atom. The molecule has 1 amide bonds. The van der Waals surface area contributed by atoms with E-state index in [1.54, 1.807) is 50.4 Å². The number of hydrogen-bond donors (Lipinski definition) is 1. The molecule has 34 heavy (non-hydrogen) atoms. The van der Waals surface area contributed by atoms with Crippen molar-refractivity contribution in [3.05, 3.63) is 90.0 Å². The molecule has 3 rings (SSSR count). The normalized spacial score (nSPS) is 10.9. The average Bonchev–Trinajstić information content (AvgIpc) is 2.87. The Balaban J connectivity index is 1.56. The molecule has 0 aromatic heterocycles. The minimum atomic E-state index is -3.80. The van der Waals surface area contributed by atoms with E-state index in [1.807, 2.05) is 18.2 Å². The molecule has 0 saturated heterocycles. The van der Waals surface area contributed by atoms with E-state index in [9.17, 15) is 18.0 Å². The predicted octanol–water partition coefficient (Wildman–Crippen LogP) is 3.38. The fourth-order valence-corrected chi connectivity index (χ4v) is 4.66. The van der Waals surface area contributed by atoms with Gasteiger partial charge < -0.3 is 14.8 Å². The maximum absolute atomic E-state index is 13.0. The van der Waals surface area contributed by atoms with Crippen LogP contribution in [0.2, 0.25) is 0 Å². The van der Waals surface area contributed by atoms with Crippen LogP contribution in [0.5, 0.6) is 5.75 Å². The molecule has 3 aromatic rings. The van der Waals surface area contributed by atoms with Gasteiger partial charge in [0.05, 0.1) is 23.3 Å². The maximum atomic E-state index is 13.0. The van der Waals surface area contributed by atoms with Crippen LogP contribution in [0, 0.1) is 0 Å². The van der Waals surface area contributed by atoms with Crippen molar-refractivity contribution < 1.29 is 27.5 Å². The van der Waals surface area contributed by atoms with Gasteiger partial charge in [-0.3, -0.25) is 9.10 Å². The van der Waals surface area contributed by atoms with Crippen molar-refractivity contribution in [2.45, 2.75) is 18.4 Å². The van der Waals surface area contributed by atoms with Crippen molar-refractivity contribution in [2.24, 2.45) is 0 Å². The summed E-state index contributed by atoms with van der Waals surface area (Å²) in [7, 11) is -2.23. The highest BCUT2D eigenvalue weighted by molar-refractivity contribution is 7.92. The number of para-hydroxylation sites is 1. The summed E-state index contributed by atoms with van der Waals surface area (Å²) in [5.74, 6) is -0.464. The van der Waals surface area contributed by atoms with E-state index < -0.39 is 28.5 Å². The standard InChI is InChI=1S/C25H26N2O6S/c1-3-27(21-7-5-4-6-8-21)34(30,31)23-15-11-20(12-16-23)25(29)33-18-24(28)26-17-19-9-13-22(32-2)14-10-19/h4-16H,3,17-18H2,1-2H3,(H,26,28). The number of methoxy groups -OCH3 is 1. The number of amides is 1. The van der Waals surface area contributed by atoms with Gasteiger partial charge in [0.2, 0.25) is 0 Å². The lowest BCUT2D eigenvalue weighted by Crippen LogP contribution is -2.30. The van der Waals surface area contributed by atoms with E-state index in [-0.39, 0.29) is 23.5 Å². The molecule has 0 heterocycles. The number of hydrogen-bond acceptors (Lipinski definition) is 6. The van der Waals surface area contributed by atoms with E-state index >= 15 is 0 Å². The number of ether oxygens (including phenoxy) is 2. The first kappa shape index (κ1) is 24.8. The van der Waals surface area contributed by atoms with Crippen molar-refractivity contribution in [3.63, 3.8) is 0 Å². The second-order valence-electron chi connectivity index (χ2n) is 7.23. The first-order valence-corrected chi connectivity index (χ1v) is 12.0. The third kappa shape index (κ3) is 6.14. The minimum absolute atomic E-state index is 0.0481. The lowest BCUT2D eigenvalue weighted by atomic mass is 10.2. The summed E-state index contributed by atoms with van der Waals surface area (Å²) in [6, 6.07) is 21.4. The Bertz CT molecular complexity index is 1210. The maximum Gasteiger partial charge on any atom is 0.338 e. The molecule has 0 unspecified atom stereocenters. The smallest absolute Gasteiger partial charge is 0.338 e. The van der Waals surface area contributed by atoms with Crippen molar-refractivity contribution in [1.82, 2.24) is 5.32 Å². The number of benzene rings is 3. The first-order valence-electron chi connectivity index (χ1n) is 10.6. The van der Waals surface area contributed by atoms with Crippen LogP contribution in [0.4, 0.5) is 5.69 Å². The molecule has 0 atom stereocenters. The number of nitrogens with zero attached hydrogens (tertiary/aromatic N) is 1. The van der Waals surface area contributed by atoms with Crippen molar-refractivity contribution >= 4 is 27.6 Å². The number of carbonyl (C=O) groups excluding carboxylic acids is 2. The SMILES string of the molecule is CCN(c1ccccc1)S(=O)(=O)c1ccc(C(=O)OCC(=O)NCc2ccc(OC)cc2)cc1. The lowest BCUT2D eigenvalue weighted by molar-refractivity contribution is -0.124. The molecule has 0 bridgehead atoms. The van der Waals surface area contributed by atoms with Gasteiger partial charge in [0.25, 0.3) is 15.9 Å². The van der Waals surface area contributed by atoms with Gasteiger partial charge in [0.15, 0.2) is 6.61 Å². The molecular weight excluding hydrogens is 456 g/mol. The van der Waals surface area contributed by atoms with Gasteiger partial charge >= 0.3 is 5.97 Å². The monoisotopic (exact) mass is 482 g/mol. The molecule has 0 saturated carbocycles. The van der Waals surface area contributed by atoms with Crippen LogP contribution < -0.4 is 14.4 Å². The Labute approximate surface area is 199 Å². The topological polar surface area (TPSA) is 102 Å². The van der Waals surface area contributed by atoms with Crippen LogP contribution in [-0.4, -0.2) is 40.6 Å². The Hall–Kier alpha value is -3.85. The van der Waals surface area contributed by atoms with Crippen LogP contribution in [0.15, 0.2) is 83.8 Å². The van der Waals surface area contributed by atoms with Crippen molar-refractivity contribution in [1.29, 1.82) is 0 Å². The summed E-state index contributed by atoms with van der Waals surface area (Å²) in [6.45, 7) is 1.83. The zero-order valence-electron chi connectivity index (χ0n) is 18.9. The summed E-state index contributed by atoms with van der Waals surface area (Å²) < 4.78 is 37.5. The van der Waals surface area contributed by atoms with Gasteiger partial charge in [-0.15, -0.1) is 0 Å². The predicted molar refractivity (Wildman–Crippen MR) is 128 cm³/mol. The molecule has 0 aliphatic carbocycles. The fourth-order valence-electron chi connectivity index (χ4n) is 3.19. The Kier molecular flexibility index (Phi) is 8.26. The molecule has 0 aliphatic rings. The summed E-state index contributed by atoms with van der Waals surface area (Å²) in [5.41, 5.74) is 1.56. The van der Waals surface area contributed by atoms with Gasteiger partial charge in [0.1, 0.15) is 5.75 Å².